The van der Waals surface area contributed by atoms with Crippen LogP contribution in [0.25, 0.3) is 0 Å². The average molecular weight is 339 g/mol. The van der Waals surface area contributed by atoms with Crippen LogP contribution in [0.5, 0.6) is 0 Å². The molecular formula is C17H27ClN4O. The highest BCUT2D eigenvalue weighted by atomic mass is 35.5. The van der Waals surface area contributed by atoms with Crippen molar-refractivity contribution < 1.29 is 4.79 Å². The Labute approximate surface area is 144 Å². The Bertz CT molecular complexity index is 498. The van der Waals surface area contributed by atoms with E-state index in [0.717, 1.165) is 36.2 Å². The van der Waals surface area contributed by atoms with E-state index < -0.39 is 0 Å². The van der Waals surface area contributed by atoms with Gasteiger partial charge in [0.1, 0.15) is 0 Å². The predicted molar refractivity (Wildman–Crippen MR) is 96.8 cm³/mol. The molecule has 0 radical (unpaired) electrons. The second-order valence-corrected chi connectivity index (χ2v) is 5.50. The van der Waals surface area contributed by atoms with E-state index in [1.807, 2.05) is 49.9 Å². The van der Waals surface area contributed by atoms with Gasteiger partial charge in [-0.3, -0.25) is 4.79 Å². The highest BCUT2D eigenvalue weighted by Gasteiger charge is 2.09. The third-order valence-electron chi connectivity index (χ3n) is 3.42. The fourth-order valence-electron chi connectivity index (χ4n) is 2.12. The first-order chi connectivity index (χ1) is 11.1. The first kappa shape index (κ1) is 19.3. The molecule has 2 N–H and O–H groups in total. The fourth-order valence-corrected chi connectivity index (χ4v) is 2.25. The minimum Gasteiger partial charge on any atom is -0.357 e. The van der Waals surface area contributed by atoms with Crippen LogP contribution in [0, 0.1) is 0 Å². The van der Waals surface area contributed by atoms with Crippen molar-refractivity contribution in [3.8, 4) is 0 Å². The third-order valence-corrected chi connectivity index (χ3v) is 3.68. The lowest BCUT2D eigenvalue weighted by Crippen LogP contribution is -2.40. The zero-order valence-corrected chi connectivity index (χ0v) is 15.0. The summed E-state index contributed by atoms with van der Waals surface area (Å²) in [5, 5.41) is 7.10. The van der Waals surface area contributed by atoms with Crippen molar-refractivity contribution in [1.82, 2.24) is 15.5 Å². The van der Waals surface area contributed by atoms with Gasteiger partial charge >= 0.3 is 0 Å². The highest BCUT2D eigenvalue weighted by Crippen LogP contribution is 2.10. The second-order valence-electron chi connectivity index (χ2n) is 5.06. The molecule has 0 unspecified atom stereocenters. The van der Waals surface area contributed by atoms with E-state index in [1.165, 1.54) is 0 Å². The number of amides is 1. The summed E-state index contributed by atoms with van der Waals surface area (Å²) in [5.74, 6) is 0.880. The Morgan fingerprint density at radius 2 is 1.78 bits per heavy atom. The second kappa shape index (κ2) is 10.9. The molecule has 0 fully saturated rings. The van der Waals surface area contributed by atoms with E-state index in [4.69, 9.17) is 11.6 Å². The first-order valence-electron chi connectivity index (χ1n) is 8.15. The summed E-state index contributed by atoms with van der Waals surface area (Å²) in [7, 11) is 0. The lowest BCUT2D eigenvalue weighted by atomic mass is 10.2. The summed E-state index contributed by atoms with van der Waals surface area (Å²) in [5.41, 5.74) is 1.09. The van der Waals surface area contributed by atoms with Gasteiger partial charge < -0.3 is 15.5 Å². The zero-order valence-electron chi connectivity index (χ0n) is 14.2. The number of carbonyl (C=O) groups is 1. The minimum absolute atomic E-state index is 0.163. The average Bonchev–Trinajstić information content (AvgIpc) is 2.55. The number of hydrogen-bond acceptors (Lipinski definition) is 2. The van der Waals surface area contributed by atoms with Crippen LogP contribution in [0.4, 0.5) is 0 Å². The standard InChI is InChI=1S/C17H27ClN4O/c1-4-19-17(20-12-11-16(23)22(5-2)6-3)21-13-14-7-9-15(18)10-8-14/h7-10H,4-6,11-13H2,1-3H3,(H2,19,20,21). The summed E-state index contributed by atoms with van der Waals surface area (Å²) >= 11 is 5.88. The maximum absolute atomic E-state index is 12.0. The molecular weight excluding hydrogens is 312 g/mol. The molecule has 0 atom stereocenters. The number of nitrogens with one attached hydrogen (secondary N) is 2. The van der Waals surface area contributed by atoms with Gasteiger partial charge in [0, 0.05) is 37.6 Å². The third kappa shape index (κ3) is 7.37. The number of halogens is 1. The van der Waals surface area contributed by atoms with Crippen molar-refractivity contribution >= 4 is 23.5 Å². The van der Waals surface area contributed by atoms with Crippen LogP contribution in [-0.2, 0) is 11.3 Å². The Morgan fingerprint density at radius 3 is 2.35 bits per heavy atom. The van der Waals surface area contributed by atoms with E-state index in [-0.39, 0.29) is 5.91 Å². The van der Waals surface area contributed by atoms with Crippen LogP contribution >= 0.6 is 11.6 Å². The monoisotopic (exact) mass is 338 g/mol. The van der Waals surface area contributed by atoms with E-state index in [1.54, 1.807) is 0 Å². The molecule has 0 bridgehead atoms. The molecule has 23 heavy (non-hydrogen) atoms. The van der Waals surface area contributed by atoms with Gasteiger partial charge in [-0.1, -0.05) is 23.7 Å². The zero-order chi connectivity index (χ0) is 17.1. The number of guanidine groups is 1. The Hall–Kier alpha value is -1.75. The van der Waals surface area contributed by atoms with Crippen molar-refractivity contribution in [3.05, 3.63) is 34.9 Å². The molecule has 0 aliphatic heterocycles. The molecule has 1 rings (SSSR count). The smallest absolute Gasteiger partial charge is 0.224 e. The summed E-state index contributed by atoms with van der Waals surface area (Å²) < 4.78 is 0. The molecule has 0 saturated carbocycles. The summed E-state index contributed by atoms with van der Waals surface area (Å²) in [6, 6.07) is 7.63. The number of benzene rings is 1. The van der Waals surface area contributed by atoms with E-state index in [9.17, 15) is 4.79 Å². The molecule has 1 aromatic rings. The lowest BCUT2D eigenvalue weighted by molar-refractivity contribution is -0.130. The molecule has 0 saturated heterocycles. The van der Waals surface area contributed by atoms with Crippen LogP contribution in [0.1, 0.15) is 32.8 Å². The van der Waals surface area contributed by atoms with Gasteiger partial charge in [0.2, 0.25) is 5.91 Å². The number of rotatable bonds is 8. The van der Waals surface area contributed by atoms with Crippen LogP contribution in [0.15, 0.2) is 29.3 Å². The van der Waals surface area contributed by atoms with Crippen molar-refractivity contribution in [1.29, 1.82) is 0 Å². The molecule has 5 nitrogen and oxygen atoms in total. The Balaban J connectivity index is 2.49. The predicted octanol–water partition coefficient (Wildman–Crippen LogP) is 2.65. The SMILES string of the molecule is CCNC(=NCc1ccc(Cl)cc1)NCCC(=O)N(CC)CC. The number of hydrogen-bond donors (Lipinski definition) is 2. The maximum atomic E-state index is 12.0. The van der Waals surface area contributed by atoms with Gasteiger partial charge in [0.25, 0.3) is 0 Å². The van der Waals surface area contributed by atoms with Crippen molar-refractivity contribution in [2.75, 3.05) is 26.2 Å². The normalized spacial score (nSPS) is 11.2. The van der Waals surface area contributed by atoms with E-state index in [0.29, 0.717) is 19.5 Å². The van der Waals surface area contributed by atoms with Crippen LogP contribution in [0.3, 0.4) is 0 Å². The summed E-state index contributed by atoms with van der Waals surface area (Å²) in [6.45, 7) is 9.41. The van der Waals surface area contributed by atoms with Crippen LogP contribution < -0.4 is 10.6 Å². The topological polar surface area (TPSA) is 56.7 Å². The molecule has 0 aromatic heterocycles. The van der Waals surface area contributed by atoms with Crippen LogP contribution in [-0.4, -0.2) is 42.9 Å². The van der Waals surface area contributed by atoms with Gasteiger partial charge in [0.05, 0.1) is 6.54 Å². The van der Waals surface area contributed by atoms with Gasteiger partial charge in [-0.25, -0.2) is 4.99 Å². The molecule has 128 valence electrons. The highest BCUT2D eigenvalue weighted by molar-refractivity contribution is 6.30. The summed E-state index contributed by atoms with van der Waals surface area (Å²) in [4.78, 5) is 18.3. The van der Waals surface area contributed by atoms with E-state index >= 15 is 0 Å². The van der Waals surface area contributed by atoms with Crippen LogP contribution in [0.2, 0.25) is 5.02 Å². The molecule has 0 aliphatic rings. The number of carbonyl (C=O) groups excluding carboxylic acids is 1. The molecule has 6 heteroatoms. The van der Waals surface area contributed by atoms with Crippen molar-refractivity contribution in [2.45, 2.75) is 33.7 Å². The Morgan fingerprint density at radius 1 is 1.13 bits per heavy atom. The summed E-state index contributed by atoms with van der Waals surface area (Å²) in [6.07, 6.45) is 0.465. The molecule has 0 aliphatic carbocycles. The molecule has 0 heterocycles. The van der Waals surface area contributed by atoms with E-state index in [2.05, 4.69) is 15.6 Å². The minimum atomic E-state index is 0.163. The van der Waals surface area contributed by atoms with Gasteiger partial charge in [-0.15, -0.1) is 0 Å². The fraction of sp³-hybridized carbons (Fsp3) is 0.529. The molecule has 1 amide bonds. The van der Waals surface area contributed by atoms with Gasteiger partial charge in [0.15, 0.2) is 5.96 Å². The maximum Gasteiger partial charge on any atom is 0.224 e. The van der Waals surface area contributed by atoms with Crippen molar-refractivity contribution in [3.63, 3.8) is 0 Å². The van der Waals surface area contributed by atoms with Gasteiger partial charge in [-0.05, 0) is 38.5 Å². The largest absolute Gasteiger partial charge is 0.357 e. The van der Waals surface area contributed by atoms with Crippen molar-refractivity contribution in [2.24, 2.45) is 4.99 Å². The molecule has 1 aromatic carbocycles. The number of aliphatic imine (C=N–C) groups is 1. The lowest BCUT2D eigenvalue weighted by Gasteiger charge is -2.19. The molecule has 0 spiro atoms. The Kier molecular flexibility index (Phi) is 9.14. The van der Waals surface area contributed by atoms with Gasteiger partial charge in [-0.2, -0.15) is 0 Å². The number of nitrogens with zero attached hydrogens (tertiary/aromatic N) is 2. The first-order valence-corrected chi connectivity index (χ1v) is 8.52. The quantitative estimate of drug-likeness (QED) is 0.566.